The third-order valence-corrected chi connectivity index (χ3v) is 1.30. The van der Waals surface area contributed by atoms with Crippen LogP contribution in [0.15, 0.2) is 0 Å². The molecule has 0 atom stereocenters. The van der Waals surface area contributed by atoms with Crippen LogP contribution in [0.2, 0.25) is 0 Å². The van der Waals surface area contributed by atoms with E-state index in [-0.39, 0.29) is 19.5 Å². The van der Waals surface area contributed by atoms with Crippen LogP contribution in [0.4, 0.5) is 0 Å². The summed E-state index contributed by atoms with van der Waals surface area (Å²) in [5, 5.41) is 0. The Hall–Kier alpha value is -1.23. The highest BCUT2D eigenvalue weighted by molar-refractivity contribution is 5.97. The van der Waals surface area contributed by atoms with E-state index in [0.717, 1.165) is 4.90 Å². The van der Waals surface area contributed by atoms with E-state index >= 15 is 0 Å². The number of carbonyl (C=O) groups is 2. The minimum atomic E-state index is -0.551. The summed E-state index contributed by atoms with van der Waals surface area (Å²) >= 11 is 0. The van der Waals surface area contributed by atoms with Gasteiger partial charge in [0.05, 0.1) is 13.1 Å². The Morgan fingerprint density at radius 3 is 2.33 bits per heavy atom. The largest absolute Gasteiger partial charge is 0.322 e. The molecule has 0 aliphatic carbocycles. The minimum Gasteiger partial charge on any atom is -0.322 e. The number of rotatable bonds is 4. The van der Waals surface area contributed by atoms with Crippen LogP contribution in [0.25, 0.3) is 0 Å². The third-order valence-electron chi connectivity index (χ3n) is 1.30. The molecule has 0 rings (SSSR count). The first-order valence-electron chi connectivity index (χ1n) is 3.55. The minimum absolute atomic E-state index is 0.174. The fraction of sp³-hybridized carbons (Fsp3) is 0.571. The summed E-state index contributed by atoms with van der Waals surface area (Å²) in [6.45, 7) is 1.00. The zero-order chi connectivity index (χ0) is 9.56. The zero-order valence-corrected chi connectivity index (χ0v) is 6.87. The van der Waals surface area contributed by atoms with E-state index in [4.69, 9.17) is 5.73 Å². The van der Waals surface area contributed by atoms with Crippen LogP contribution in [0.3, 0.4) is 0 Å². The van der Waals surface area contributed by atoms with Crippen LogP contribution in [-0.4, -0.2) is 36.1 Å². The maximum absolute atomic E-state index is 11.0. The van der Waals surface area contributed by atoms with Gasteiger partial charge in [0.2, 0.25) is 18.1 Å². The maximum Gasteiger partial charge on any atom is 0.243 e. The number of imide groups is 1. The fourth-order valence-corrected chi connectivity index (χ4v) is 0.681. The van der Waals surface area contributed by atoms with Gasteiger partial charge in [0.15, 0.2) is 0 Å². The van der Waals surface area contributed by atoms with Crippen molar-refractivity contribution in [1.29, 1.82) is 0 Å². The predicted molar refractivity (Wildman–Crippen MR) is 41.8 cm³/mol. The van der Waals surface area contributed by atoms with Crippen LogP contribution < -0.4 is 5.73 Å². The predicted octanol–water partition coefficient (Wildman–Crippen LogP) is -1.18. The van der Waals surface area contributed by atoms with Gasteiger partial charge < -0.3 is 5.73 Å². The Kier molecular flexibility index (Phi) is 4.87. The van der Waals surface area contributed by atoms with E-state index in [1.54, 1.807) is 6.92 Å². The van der Waals surface area contributed by atoms with E-state index < -0.39 is 11.8 Å². The van der Waals surface area contributed by atoms with Crippen molar-refractivity contribution in [2.24, 2.45) is 5.73 Å². The summed E-state index contributed by atoms with van der Waals surface area (Å²) in [6, 6.07) is 0. The Balaban J connectivity index is 4.31. The maximum atomic E-state index is 11.0. The summed E-state index contributed by atoms with van der Waals surface area (Å²) in [5.41, 5.74) is 5.02. The Labute approximate surface area is 70.5 Å². The smallest absolute Gasteiger partial charge is 0.243 e. The average Bonchev–Trinajstić information content (AvgIpc) is 2.11. The first-order chi connectivity index (χ1) is 5.67. The van der Waals surface area contributed by atoms with Gasteiger partial charge in [-0.25, -0.2) is 0 Å². The molecule has 67 valence electrons. The number of nitrogens with two attached hydrogens (primary N) is 1. The quantitative estimate of drug-likeness (QED) is 0.577. The van der Waals surface area contributed by atoms with Gasteiger partial charge in [-0.2, -0.15) is 0 Å². The van der Waals surface area contributed by atoms with Crippen molar-refractivity contribution in [3.8, 4) is 0 Å². The number of carbonyl (C=O) groups excluding carboxylic acids is 3. The van der Waals surface area contributed by atoms with Gasteiger partial charge in [-0.1, -0.05) is 6.92 Å². The normalized spacial score (nSPS) is 9.17. The molecule has 2 N–H and O–H groups in total. The van der Waals surface area contributed by atoms with Crippen molar-refractivity contribution in [3.05, 3.63) is 0 Å². The highest BCUT2D eigenvalue weighted by atomic mass is 16.2. The first kappa shape index (κ1) is 10.8. The molecular formula is C7H11N2O3. The van der Waals surface area contributed by atoms with E-state index in [1.807, 2.05) is 0 Å². The van der Waals surface area contributed by atoms with Gasteiger partial charge in [0.25, 0.3) is 0 Å². The Morgan fingerprint density at radius 2 is 2.00 bits per heavy atom. The van der Waals surface area contributed by atoms with E-state index in [0.29, 0.717) is 0 Å². The number of amides is 2. The molecule has 0 saturated carbocycles. The molecule has 0 aliphatic heterocycles. The topological polar surface area (TPSA) is 80.5 Å². The van der Waals surface area contributed by atoms with Crippen molar-refractivity contribution >= 4 is 18.1 Å². The van der Waals surface area contributed by atoms with Crippen LogP contribution >= 0.6 is 0 Å². The van der Waals surface area contributed by atoms with Gasteiger partial charge >= 0.3 is 0 Å². The summed E-state index contributed by atoms with van der Waals surface area (Å²) in [4.78, 5) is 32.6. The zero-order valence-electron chi connectivity index (χ0n) is 6.87. The molecule has 0 saturated heterocycles. The lowest BCUT2D eigenvalue weighted by molar-refractivity contribution is -0.142. The van der Waals surface area contributed by atoms with Crippen molar-refractivity contribution in [3.63, 3.8) is 0 Å². The third kappa shape index (κ3) is 2.79. The van der Waals surface area contributed by atoms with Crippen LogP contribution in [-0.2, 0) is 14.4 Å². The molecule has 12 heavy (non-hydrogen) atoms. The monoisotopic (exact) mass is 171 g/mol. The Bertz CT molecular complexity index is 175. The van der Waals surface area contributed by atoms with Crippen LogP contribution in [0.5, 0.6) is 0 Å². The second-order valence-electron chi connectivity index (χ2n) is 2.08. The van der Waals surface area contributed by atoms with Gasteiger partial charge in [-0.3, -0.25) is 19.3 Å². The molecule has 1 radical (unpaired) electrons. The van der Waals surface area contributed by atoms with E-state index in [1.165, 1.54) is 6.29 Å². The van der Waals surface area contributed by atoms with Gasteiger partial charge in [-0.05, 0) is 0 Å². The molecule has 5 heteroatoms. The Morgan fingerprint density at radius 1 is 1.42 bits per heavy atom. The second-order valence-corrected chi connectivity index (χ2v) is 2.08. The molecule has 0 aromatic carbocycles. The molecule has 0 heterocycles. The van der Waals surface area contributed by atoms with Crippen molar-refractivity contribution in [1.82, 2.24) is 4.90 Å². The van der Waals surface area contributed by atoms with Crippen molar-refractivity contribution in [2.45, 2.75) is 13.3 Å². The van der Waals surface area contributed by atoms with Crippen molar-refractivity contribution < 1.29 is 14.4 Å². The molecular weight excluding hydrogens is 160 g/mol. The van der Waals surface area contributed by atoms with Gasteiger partial charge in [0, 0.05) is 6.42 Å². The van der Waals surface area contributed by atoms with Gasteiger partial charge in [0.1, 0.15) is 0 Å². The molecule has 0 spiro atoms. The van der Waals surface area contributed by atoms with Crippen molar-refractivity contribution in [2.75, 3.05) is 13.1 Å². The standard InChI is InChI=1S/C7H11N2O3/c1-2-6(11)9(3-4-10)7(12)5-8/h2-3,5,8H2,1H3. The molecule has 0 bridgehead atoms. The molecule has 2 amide bonds. The number of hydrogen-bond acceptors (Lipinski definition) is 4. The lowest BCUT2D eigenvalue weighted by atomic mass is 10.3. The first-order valence-corrected chi connectivity index (χ1v) is 3.55. The highest BCUT2D eigenvalue weighted by Gasteiger charge is 2.17. The molecule has 0 aromatic rings. The van der Waals surface area contributed by atoms with Gasteiger partial charge in [-0.15, -0.1) is 0 Å². The molecule has 0 aromatic heterocycles. The van der Waals surface area contributed by atoms with E-state index in [9.17, 15) is 14.4 Å². The summed E-state index contributed by atoms with van der Waals surface area (Å²) in [7, 11) is 0. The number of nitrogens with zero attached hydrogens (tertiary/aromatic N) is 1. The summed E-state index contributed by atoms with van der Waals surface area (Å²) < 4.78 is 0. The second kappa shape index (κ2) is 5.42. The fourth-order valence-electron chi connectivity index (χ4n) is 0.681. The average molecular weight is 171 g/mol. The molecule has 0 fully saturated rings. The lowest BCUT2D eigenvalue weighted by Gasteiger charge is -2.15. The highest BCUT2D eigenvalue weighted by Crippen LogP contribution is 1.92. The summed E-state index contributed by atoms with van der Waals surface area (Å²) in [5.74, 6) is -0.959. The molecule has 0 unspecified atom stereocenters. The van der Waals surface area contributed by atoms with Crippen LogP contribution in [0.1, 0.15) is 13.3 Å². The summed E-state index contributed by atoms with van der Waals surface area (Å²) in [6.07, 6.45) is 1.65. The van der Waals surface area contributed by atoms with Crippen LogP contribution in [0, 0.1) is 0 Å². The number of hydrogen-bond donors (Lipinski definition) is 1. The molecule has 5 nitrogen and oxygen atoms in total. The van der Waals surface area contributed by atoms with E-state index in [2.05, 4.69) is 0 Å². The SMILES string of the molecule is CCC(=O)N(C[C]=O)C(=O)CN. The molecule has 0 aliphatic rings. The lowest BCUT2D eigenvalue weighted by Crippen LogP contribution is -2.41.